The number of rotatable bonds is 8. The molecule has 8 nitrogen and oxygen atoms in total. The summed E-state index contributed by atoms with van der Waals surface area (Å²) in [6.07, 6.45) is 0. The van der Waals surface area contributed by atoms with Gasteiger partial charge in [-0.15, -0.1) is 0 Å². The molecule has 0 aliphatic carbocycles. The highest BCUT2D eigenvalue weighted by Gasteiger charge is 2.53. The Morgan fingerprint density at radius 2 is 0.865 bits per heavy atom. The summed E-state index contributed by atoms with van der Waals surface area (Å²) in [7, 11) is -1.32. The van der Waals surface area contributed by atoms with E-state index in [1.54, 1.807) is 13.8 Å². The van der Waals surface area contributed by atoms with Crippen LogP contribution in [0.5, 0.6) is 0 Å². The van der Waals surface area contributed by atoms with Gasteiger partial charge in [-0.2, -0.15) is 0 Å². The van der Waals surface area contributed by atoms with Crippen LogP contribution in [0.1, 0.15) is 101 Å². The first-order valence-corrected chi connectivity index (χ1v) is 18.2. The highest BCUT2D eigenvalue weighted by atomic mass is 16.7. The Hall–Kier alpha value is -3.95. The van der Waals surface area contributed by atoms with Crippen LogP contribution in [0.3, 0.4) is 0 Å². The fourth-order valence-corrected chi connectivity index (χ4v) is 6.65. The Labute approximate surface area is 308 Å². The molecule has 0 spiro atoms. The normalized spacial score (nSPS) is 18.5. The lowest BCUT2D eigenvalue weighted by Gasteiger charge is -2.32. The number of aryl methyl sites for hydroxylation is 2. The van der Waals surface area contributed by atoms with Crippen molar-refractivity contribution in [2.45, 2.75) is 105 Å². The molecule has 0 atom stereocenters. The van der Waals surface area contributed by atoms with Crippen LogP contribution in [-0.4, -0.2) is 61.8 Å². The maximum atomic E-state index is 13.1. The van der Waals surface area contributed by atoms with Gasteiger partial charge in [0, 0.05) is 0 Å². The van der Waals surface area contributed by atoms with E-state index in [0.29, 0.717) is 11.1 Å². The minimum atomic E-state index is -0.660. The Bertz CT molecular complexity index is 1890. The standard InChI is InChI=1S/C42H50B2O8/c1-13-47-37(45)31-19-27(17-15-25(31)3)33-21-29(43-49-39(5,6)40(7,8)50-43)24-36-34(28-18-16-26(4)32(20-28)38(46)48-14-2)22-30(23-35(33)36)44-51-41(9,10)42(11,12)52-44/h15-24H,13-14H2,1-12H3. The summed E-state index contributed by atoms with van der Waals surface area (Å²) < 4.78 is 37.3. The van der Waals surface area contributed by atoms with E-state index in [1.807, 2.05) is 106 Å². The average molecular weight is 704 g/mol. The van der Waals surface area contributed by atoms with Gasteiger partial charge in [0.2, 0.25) is 0 Å². The third-order valence-electron chi connectivity index (χ3n) is 11.3. The van der Waals surface area contributed by atoms with E-state index in [9.17, 15) is 9.59 Å². The SMILES string of the molecule is CCOC(=O)c1cc(-c2cc(B3OC(C)(C)C(C)(C)O3)cc3c(-c4ccc(C)c(C(=O)OCC)c4)cc(B4OC(C)(C)C(C)(C)O4)cc23)ccc1C. The van der Waals surface area contributed by atoms with Gasteiger partial charge in [0.05, 0.1) is 46.7 Å². The topological polar surface area (TPSA) is 89.5 Å². The van der Waals surface area contributed by atoms with Crippen LogP contribution in [0.2, 0.25) is 0 Å². The van der Waals surface area contributed by atoms with Crippen molar-refractivity contribution in [3.63, 3.8) is 0 Å². The summed E-state index contributed by atoms with van der Waals surface area (Å²) >= 11 is 0. The second-order valence-corrected chi connectivity index (χ2v) is 15.9. The molecule has 2 fully saturated rings. The van der Waals surface area contributed by atoms with Crippen molar-refractivity contribution in [3.8, 4) is 22.3 Å². The van der Waals surface area contributed by atoms with Gasteiger partial charge in [0.25, 0.3) is 0 Å². The molecule has 0 amide bonds. The van der Waals surface area contributed by atoms with E-state index in [4.69, 9.17) is 28.1 Å². The zero-order valence-corrected chi connectivity index (χ0v) is 32.6. The van der Waals surface area contributed by atoms with E-state index < -0.39 is 36.6 Å². The molecular formula is C42H50B2O8. The van der Waals surface area contributed by atoms with Crippen molar-refractivity contribution in [1.82, 2.24) is 0 Å². The summed E-state index contributed by atoms with van der Waals surface area (Å²) in [5.74, 6) is -0.754. The van der Waals surface area contributed by atoms with Crippen molar-refractivity contribution in [2.75, 3.05) is 13.2 Å². The third kappa shape index (κ3) is 6.71. The van der Waals surface area contributed by atoms with Gasteiger partial charge in [0.1, 0.15) is 0 Å². The van der Waals surface area contributed by atoms with E-state index in [-0.39, 0.29) is 25.2 Å². The molecule has 2 saturated heterocycles. The summed E-state index contributed by atoms with van der Waals surface area (Å²) in [6.45, 7) is 24.2. The largest absolute Gasteiger partial charge is 0.494 e. The molecule has 0 N–H and O–H groups in total. The van der Waals surface area contributed by atoms with Crippen LogP contribution in [-0.2, 0) is 28.1 Å². The fourth-order valence-electron chi connectivity index (χ4n) is 6.65. The first-order chi connectivity index (χ1) is 24.3. The predicted octanol–water partition coefficient (Wildman–Crippen LogP) is 7.74. The molecule has 0 radical (unpaired) electrons. The molecule has 272 valence electrons. The van der Waals surface area contributed by atoms with Gasteiger partial charge in [0.15, 0.2) is 0 Å². The van der Waals surface area contributed by atoms with Crippen LogP contribution in [0, 0.1) is 13.8 Å². The van der Waals surface area contributed by atoms with E-state index in [0.717, 1.165) is 55.1 Å². The number of fused-ring (bicyclic) bond motifs is 1. The van der Waals surface area contributed by atoms with Crippen molar-refractivity contribution in [3.05, 3.63) is 82.9 Å². The number of carbonyl (C=O) groups excluding carboxylic acids is 2. The van der Waals surface area contributed by atoms with Crippen LogP contribution >= 0.6 is 0 Å². The number of esters is 2. The first kappa shape index (κ1) is 37.8. The summed E-state index contributed by atoms with van der Waals surface area (Å²) in [4.78, 5) is 26.3. The smallest absolute Gasteiger partial charge is 0.462 e. The lowest BCUT2D eigenvalue weighted by atomic mass is 9.72. The molecule has 0 saturated carbocycles. The second-order valence-electron chi connectivity index (χ2n) is 15.9. The number of benzene rings is 4. The Morgan fingerprint density at radius 1 is 0.538 bits per heavy atom. The van der Waals surface area contributed by atoms with Crippen LogP contribution in [0.25, 0.3) is 33.0 Å². The predicted molar refractivity (Wildman–Crippen MR) is 208 cm³/mol. The molecule has 4 aromatic carbocycles. The molecule has 2 aliphatic rings. The minimum Gasteiger partial charge on any atom is -0.462 e. The molecule has 6 rings (SSSR count). The van der Waals surface area contributed by atoms with Gasteiger partial charge in [-0.3, -0.25) is 0 Å². The van der Waals surface area contributed by atoms with Crippen LogP contribution < -0.4 is 10.9 Å². The molecule has 4 aromatic rings. The molecule has 0 unspecified atom stereocenters. The van der Waals surface area contributed by atoms with E-state index >= 15 is 0 Å². The van der Waals surface area contributed by atoms with Crippen molar-refractivity contribution < 1.29 is 37.7 Å². The van der Waals surface area contributed by atoms with Gasteiger partial charge >= 0.3 is 26.2 Å². The number of hydrogen-bond acceptors (Lipinski definition) is 8. The highest BCUT2D eigenvalue weighted by Crippen LogP contribution is 2.41. The van der Waals surface area contributed by atoms with Crippen molar-refractivity contribution >= 4 is 47.9 Å². The molecule has 2 aliphatic heterocycles. The number of ether oxygens (including phenoxy) is 2. The summed E-state index contributed by atoms with van der Waals surface area (Å²) in [5.41, 5.74) is 5.38. The maximum Gasteiger partial charge on any atom is 0.494 e. The molecule has 10 heteroatoms. The van der Waals surface area contributed by atoms with Crippen molar-refractivity contribution in [2.24, 2.45) is 0 Å². The lowest BCUT2D eigenvalue weighted by molar-refractivity contribution is 0.00578. The van der Waals surface area contributed by atoms with Gasteiger partial charge in [-0.05, 0) is 150 Å². The fraction of sp³-hybridized carbons (Fsp3) is 0.429. The van der Waals surface area contributed by atoms with E-state index in [1.165, 1.54) is 0 Å². The number of carbonyl (C=O) groups is 2. The zero-order valence-electron chi connectivity index (χ0n) is 32.6. The quantitative estimate of drug-likeness (QED) is 0.136. The first-order valence-electron chi connectivity index (χ1n) is 18.2. The summed E-state index contributed by atoms with van der Waals surface area (Å²) in [5, 5.41) is 1.80. The molecule has 52 heavy (non-hydrogen) atoms. The third-order valence-corrected chi connectivity index (χ3v) is 11.3. The lowest BCUT2D eigenvalue weighted by Crippen LogP contribution is -2.41. The molecular weight excluding hydrogens is 654 g/mol. The Balaban J connectivity index is 1.68. The molecule has 2 heterocycles. The van der Waals surface area contributed by atoms with E-state index in [2.05, 4.69) is 24.3 Å². The van der Waals surface area contributed by atoms with Crippen LogP contribution in [0.15, 0.2) is 60.7 Å². The Kier molecular flexibility index (Phi) is 9.79. The maximum absolute atomic E-state index is 13.1. The number of hydrogen-bond donors (Lipinski definition) is 0. The zero-order chi connectivity index (χ0) is 38.0. The molecule has 0 aromatic heterocycles. The highest BCUT2D eigenvalue weighted by molar-refractivity contribution is 6.64. The van der Waals surface area contributed by atoms with Gasteiger partial charge in [-0.25, -0.2) is 9.59 Å². The summed E-state index contributed by atoms with van der Waals surface area (Å²) in [6, 6.07) is 20.1. The van der Waals surface area contributed by atoms with Gasteiger partial charge < -0.3 is 28.1 Å². The molecule has 0 bridgehead atoms. The van der Waals surface area contributed by atoms with Crippen LogP contribution in [0.4, 0.5) is 0 Å². The van der Waals surface area contributed by atoms with Gasteiger partial charge in [-0.1, -0.05) is 48.5 Å². The second kappa shape index (κ2) is 13.5. The Morgan fingerprint density at radius 3 is 1.17 bits per heavy atom. The minimum absolute atomic E-state index is 0.272. The average Bonchev–Trinajstić information content (AvgIpc) is 3.43. The van der Waals surface area contributed by atoms with Crippen molar-refractivity contribution in [1.29, 1.82) is 0 Å². The monoisotopic (exact) mass is 704 g/mol.